The summed E-state index contributed by atoms with van der Waals surface area (Å²) in [5.41, 5.74) is 0.577. The number of rotatable bonds is 12. The fourth-order valence-corrected chi connectivity index (χ4v) is 7.98. The molecule has 0 N–H and O–H groups in total. The predicted octanol–water partition coefficient (Wildman–Crippen LogP) is 10.6. The number of hydrogen-bond acceptors (Lipinski definition) is 1. The van der Waals surface area contributed by atoms with Crippen molar-refractivity contribution in [1.82, 2.24) is 0 Å². The maximum atomic E-state index is 14.8. The van der Waals surface area contributed by atoms with Crippen molar-refractivity contribution in [2.24, 2.45) is 29.6 Å². The Morgan fingerprint density at radius 3 is 2.06 bits per heavy atom. The first kappa shape index (κ1) is 27.9. The normalized spacial score (nSPS) is 30.7. The van der Waals surface area contributed by atoms with Gasteiger partial charge in [-0.15, -0.1) is 0 Å². The van der Waals surface area contributed by atoms with Gasteiger partial charge in [0.25, 0.3) is 0 Å². The van der Waals surface area contributed by atoms with Gasteiger partial charge in [-0.25, -0.2) is 4.39 Å². The lowest BCUT2D eigenvalue weighted by atomic mass is 9.63. The van der Waals surface area contributed by atoms with Crippen molar-refractivity contribution < 1.29 is 13.5 Å². The van der Waals surface area contributed by atoms with Crippen molar-refractivity contribution in [2.45, 2.75) is 135 Å². The van der Waals surface area contributed by atoms with E-state index in [1.54, 1.807) is 19.1 Å². The summed E-state index contributed by atoms with van der Waals surface area (Å²) < 4.78 is 34.5. The van der Waals surface area contributed by atoms with Crippen molar-refractivity contribution >= 4 is 0 Å². The number of hydrogen-bond donors (Lipinski definition) is 0. The van der Waals surface area contributed by atoms with E-state index in [0.717, 1.165) is 36.5 Å². The molecule has 3 aliphatic rings. The number of benzene rings is 1. The Balaban J connectivity index is 1.16. The van der Waals surface area contributed by atoms with Crippen molar-refractivity contribution in [1.29, 1.82) is 0 Å². The first-order valence-electron chi connectivity index (χ1n) is 15.7. The molecule has 4 unspecified atom stereocenters. The van der Waals surface area contributed by atoms with Gasteiger partial charge in [0.05, 0.1) is 6.61 Å². The van der Waals surface area contributed by atoms with Gasteiger partial charge in [0.15, 0.2) is 11.6 Å². The van der Waals surface area contributed by atoms with Crippen LogP contribution in [0, 0.1) is 41.2 Å². The van der Waals surface area contributed by atoms with E-state index in [1.165, 1.54) is 103 Å². The third-order valence-corrected chi connectivity index (χ3v) is 10.2. The van der Waals surface area contributed by atoms with E-state index in [2.05, 4.69) is 6.92 Å². The molecule has 204 valence electrons. The van der Waals surface area contributed by atoms with Crippen molar-refractivity contribution in [2.75, 3.05) is 6.61 Å². The Morgan fingerprint density at radius 1 is 0.667 bits per heavy atom. The van der Waals surface area contributed by atoms with Crippen molar-refractivity contribution in [3.8, 4) is 5.75 Å². The average molecular weight is 503 g/mol. The quantitative estimate of drug-likeness (QED) is 0.258. The van der Waals surface area contributed by atoms with Crippen LogP contribution in [0.4, 0.5) is 8.78 Å². The summed E-state index contributed by atoms with van der Waals surface area (Å²) in [7, 11) is 0. The Morgan fingerprint density at radius 2 is 1.31 bits per heavy atom. The van der Waals surface area contributed by atoms with Gasteiger partial charge in [0.1, 0.15) is 0 Å². The van der Waals surface area contributed by atoms with Crippen LogP contribution in [0.15, 0.2) is 12.1 Å². The fourth-order valence-electron chi connectivity index (χ4n) is 7.98. The zero-order valence-electron chi connectivity index (χ0n) is 23.2. The highest BCUT2D eigenvalue weighted by atomic mass is 19.2. The molecule has 0 radical (unpaired) electrons. The zero-order chi connectivity index (χ0) is 25.3. The minimum Gasteiger partial charge on any atom is -0.491 e. The summed E-state index contributed by atoms with van der Waals surface area (Å²) in [6.45, 7) is 4.45. The second kappa shape index (κ2) is 14.1. The smallest absolute Gasteiger partial charge is 0.200 e. The summed E-state index contributed by atoms with van der Waals surface area (Å²) in [5, 5.41) is 0. The minimum atomic E-state index is -0.804. The topological polar surface area (TPSA) is 9.23 Å². The molecule has 1 aromatic rings. The van der Waals surface area contributed by atoms with Crippen molar-refractivity contribution in [3.05, 3.63) is 29.3 Å². The lowest BCUT2D eigenvalue weighted by Gasteiger charge is -2.43. The second-order valence-corrected chi connectivity index (χ2v) is 12.6. The molecule has 0 aliphatic heterocycles. The van der Waals surface area contributed by atoms with Crippen LogP contribution in [-0.2, 0) is 0 Å². The molecule has 3 saturated carbocycles. The molecular weight excluding hydrogens is 450 g/mol. The molecule has 0 amide bonds. The van der Waals surface area contributed by atoms with Crippen LogP contribution in [0.5, 0.6) is 5.75 Å². The van der Waals surface area contributed by atoms with Crippen LogP contribution in [0.2, 0.25) is 0 Å². The van der Waals surface area contributed by atoms with E-state index >= 15 is 0 Å². The maximum absolute atomic E-state index is 14.8. The highest BCUT2D eigenvalue weighted by Crippen LogP contribution is 2.49. The molecule has 3 fully saturated rings. The van der Waals surface area contributed by atoms with Crippen LogP contribution in [-0.4, -0.2) is 6.61 Å². The third-order valence-electron chi connectivity index (χ3n) is 10.2. The number of ether oxygens (including phenoxy) is 1. The lowest BCUT2D eigenvalue weighted by Crippen LogP contribution is -2.31. The molecular formula is C33H52F2O. The Bertz CT molecular complexity index is 784. The molecule has 3 heteroatoms. The molecule has 0 heterocycles. The van der Waals surface area contributed by atoms with Gasteiger partial charge in [-0.05, 0) is 86.2 Å². The molecule has 3 aliphatic carbocycles. The average Bonchev–Trinajstić information content (AvgIpc) is 2.90. The van der Waals surface area contributed by atoms with E-state index in [-0.39, 0.29) is 11.7 Å². The monoisotopic (exact) mass is 502 g/mol. The first-order chi connectivity index (χ1) is 17.6. The SMILES string of the molecule is CCCCCCCC1CCC(CCC2CCC3CC(c4ccc(OCC)c(F)c4F)CCC3C2)CC1. The standard InChI is InChI=1S/C33H52F2O/c1-3-5-6-7-8-9-24-10-12-25(13-11-24)14-15-26-16-17-28-23-29(19-18-27(28)22-26)30-20-21-31(36-4-2)33(35)32(30)34/h20-21,24-29H,3-19,22-23H2,1-2H3. The minimum absolute atomic E-state index is 0.0452. The van der Waals surface area contributed by atoms with Gasteiger partial charge in [0, 0.05) is 0 Å². The highest BCUT2D eigenvalue weighted by molar-refractivity contribution is 5.33. The molecule has 0 spiro atoms. The van der Waals surface area contributed by atoms with Gasteiger partial charge in [0.2, 0.25) is 5.82 Å². The molecule has 0 saturated heterocycles. The molecule has 0 bridgehead atoms. The predicted molar refractivity (Wildman–Crippen MR) is 146 cm³/mol. The van der Waals surface area contributed by atoms with E-state index in [1.807, 2.05) is 0 Å². The van der Waals surface area contributed by atoms with Crippen LogP contribution < -0.4 is 4.74 Å². The van der Waals surface area contributed by atoms with Gasteiger partial charge in [-0.1, -0.05) is 96.5 Å². The molecule has 4 atom stereocenters. The molecule has 36 heavy (non-hydrogen) atoms. The number of unbranched alkanes of at least 4 members (excludes halogenated alkanes) is 4. The highest BCUT2D eigenvalue weighted by Gasteiger charge is 2.37. The van der Waals surface area contributed by atoms with E-state index in [0.29, 0.717) is 18.1 Å². The Labute approximate surface area is 220 Å². The van der Waals surface area contributed by atoms with Gasteiger partial charge < -0.3 is 4.74 Å². The largest absolute Gasteiger partial charge is 0.491 e. The van der Waals surface area contributed by atoms with Crippen LogP contribution in [0.3, 0.4) is 0 Å². The molecule has 1 aromatic carbocycles. The Hall–Kier alpha value is -1.12. The lowest BCUT2D eigenvalue weighted by molar-refractivity contribution is 0.107. The molecule has 4 rings (SSSR count). The summed E-state index contributed by atoms with van der Waals surface area (Å²) >= 11 is 0. The summed E-state index contributed by atoms with van der Waals surface area (Å²) in [6, 6.07) is 3.41. The third kappa shape index (κ3) is 7.47. The number of fused-ring (bicyclic) bond motifs is 1. The van der Waals surface area contributed by atoms with Crippen LogP contribution >= 0.6 is 0 Å². The Kier molecular flexibility index (Phi) is 11.0. The van der Waals surface area contributed by atoms with Gasteiger partial charge >= 0.3 is 0 Å². The fraction of sp³-hybridized carbons (Fsp3) is 0.818. The summed E-state index contributed by atoms with van der Waals surface area (Å²) in [6.07, 6.45) is 24.6. The maximum Gasteiger partial charge on any atom is 0.200 e. The van der Waals surface area contributed by atoms with Crippen LogP contribution in [0.25, 0.3) is 0 Å². The van der Waals surface area contributed by atoms with Gasteiger partial charge in [-0.2, -0.15) is 4.39 Å². The van der Waals surface area contributed by atoms with Crippen molar-refractivity contribution in [3.63, 3.8) is 0 Å². The summed E-state index contributed by atoms with van der Waals surface area (Å²) in [4.78, 5) is 0. The van der Waals surface area contributed by atoms with Crippen LogP contribution in [0.1, 0.15) is 141 Å². The zero-order valence-corrected chi connectivity index (χ0v) is 23.2. The molecule has 1 nitrogen and oxygen atoms in total. The van der Waals surface area contributed by atoms with Gasteiger partial charge in [-0.3, -0.25) is 0 Å². The van der Waals surface area contributed by atoms with E-state index in [9.17, 15) is 8.78 Å². The molecule has 0 aromatic heterocycles. The first-order valence-corrected chi connectivity index (χ1v) is 15.7. The van der Waals surface area contributed by atoms with E-state index < -0.39 is 11.6 Å². The summed E-state index contributed by atoms with van der Waals surface area (Å²) in [5.74, 6) is 3.12. The van der Waals surface area contributed by atoms with E-state index in [4.69, 9.17) is 4.74 Å². The second-order valence-electron chi connectivity index (χ2n) is 12.6. The number of halogens is 2.